The van der Waals surface area contributed by atoms with Crippen LogP contribution in [0.15, 0.2) is 28.6 Å². The molecule has 0 aromatic carbocycles. The Morgan fingerprint density at radius 3 is 3.09 bits per heavy atom. The molecule has 4 heterocycles. The van der Waals surface area contributed by atoms with Crippen molar-refractivity contribution in [2.24, 2.45) is 7.05 Å². The molecule has 0 bridgehead atoms. The third kappa shape index (κ3) is 2.60. The molecule has 3 aromatic heterocycles. The minimum Gasteiger partial charge on any atom is -0.290 e. The molecule has 0 aliphatic carbocycles. The molecule has 3 aromatic rings. The van der Waals surface area contributed by atoms with Crippen LogP contribution in [0.1, 0.15) is 35.8 Å². The maximum atomic E-state index is 12.3. The van der Waals surface area contributed by atoms with E-state index >= 15 is 0 Å². The van der Waals surface area contributed by atoms with Crippen molar-refractivity contribution < 1.29 is 0 Å². The smallest absolute Gasteiger partial charge is 0.259 e. The van der Waals surface area contributed by atoms with Crippen molar-refractivity contribution in [3.63, 3.8) is 0 Å². The van der Waals surface area contributed by atoms with Crippen molar-refractivity contribution in [1.29, 1.82) is 0 Å². The predicted octanol–water partition coefficient (Wildman–Crippen LogP) is 2.14. The summed E-state index contributed by atoms with van der Waals surface area (Å²) in [5, 5.41) is 6.26. The molecule has 0 amide bonds. The molecule has 0 radical (unpaired) electrons. The van der Waals surface area contributed by atoms with Crippen LogP contribution in [0.25, 0.3) is 4.96 Å². The molecule has 1 unspecified atom stereocenters. The number of nitrogens with zero attached hydrogens (tertiary/aromatic N) is 5. The number of fused-ring (bicyclic) bond motifs is 1. The summed E-state index contributed by atoms with van der Waals surface area (Å²) in [6.07, 6.45) is 6.32. The predicted molar refractivity (Wildman–Crippen MR) is 89.7 cm³/mol. The minimum absolute atomic E-state index is 0.0147. The monoisotopic (exact) mass is 329 g/mol. The van der Waals surface area contributed by atoms with Gasteiger partial charge in [0.15, 0.2) is 4.96 Å². The second-order valence-corrected chi connectivity index (χ2v) is 6.99. The number of rotatable bonds is 3. The van der Waals surface area contributed by atoms with Crippen LogP contribution < -0.4 is 5.56 Å². The summed E-state index contributed by atoms with van der Waals surface area (Å²) >= 11 is 1.52. The van der Waals surface area contributed by atoms with Gasteiger partial charge in [-0.2, -0.15) is 5.10 Å². The van der Waals surface area contributed by atoms with Gasteiger partial charge in [-0.05, 0) is 26.3 Å². The van der Waals surface area contributed by atoms with E-state index in [0.717, 1.165) is 29.3 Å². The number of thiazole rings is 1. The van der Waals surface area contributed by atoms with Crippen LogP contribution >= 0.6 is 11.3 Å². The van der Waals surface area contributed by atoms with Crippen LogP contribution in [-0.2, 0) is 13.6 Å². The topological polar surface area (TPSA) is 55.4 Å². The fourth-order valence-corrected chi connectivity index (χ4v) is 4.29. The van der Waals surface area contributed by atoms with Crippen molar-refractivity contribution in [3.8, 4) is 0 Å². The highest BCUT2D eigenvalue weighted by molar-refractivity contribution is 7.15. The molecule has 1 fully saturated rings. The number of aromatic nitrogens is 4. The lowest BCUT2D eigenvalue weighted by molar-refractivity contribution is 0.245. The van der Waals surface area contributed by atoms with Crippen molar-refractivity contribution in [1.82, 2.24) is 24.1 Å². The Labute approximate surface area is 138 Å². The van der Waals surface area contributed by atoms with Gasteiger partial charge < -0.3 is 0 Å². The molecule has 1 aliphatic rings. The summed E-state index contributed by atoms with van der Waals surface area (Å²) in [7, 11) is 1.94. The molecule has 1 atom stereocenters. The molecule has 23 heavy (non-hydrogen) atoms. The summed E-state index contributed by atoms with van der Waals surface area (Å²) < 4.78 is 3.52. The van der Waals surface area contributed by atoms with Crippen molar-refractivity contribution >= 4 is 16.3 Å². The number of aryl methyl sites for hydroxylation is 2. The summed E-state index contributed by atoms with van der Waals surface area (Å²) in [6.45, 7) is 3.68. The van der Waals surface area contributed by atoms with E-state index in [2.05, 4.69) is 21.2 Å². The average Bonchev–Trinajstić information content (AvgIpc) is 3.20. The van der Waals surface area contributed by atoms with Crippen molar-refractivity contribution in [2.45, 2.75) is 32.4 Å². The zero-order valence-corrected chi connectivity index (χ0v) is 14.1. The lowest BCUT2D eigenvalue weighted by Crippen LogP contribution is -2.25. The first-order valence-electron chi connectivity index (χ1n) is 7.81. The average molecular weight is 329 g/mol. The largest absolute Gasteiger partial charge is 0.290 e. The molecule has 120 valence electrons. The Kier molecular flexibility index (Phi) is 3.54. The quantitative estimate of drug-likeness (QED) is 0.739. The van der Waals surface area contributed by atoms with E-state index < -0.39 is 0 Å². The van der Waals surface area contributed by atoms with Crippen LogP contribution in [0, 0.1) is 6.92 Å². The highest BCUT2D eigenvalue weighted by Crippen LogP contribution is 2.32. The summed E-state index contributed by atoms with van der Waals surface area (Å²) in [4.78, 5) is 20.2. The SMILES string of the molecule is Cc1csc2nc(CN3CCCC3c3cnn(C)c3)cc(=O)n12. The van der Waals surface area contributed by atoms with Gasteiger partial charge in [-0.15, -0.1) is 11.3 Å². The minimum atomic E-state index is 0.0147. The molecule has 1 aliphatic heterocycles. The maximum Gasteiger partial charge on any atom is 0.259 e. The molecular formula is C16H19N5OS. The van der Waals surface area contributed by atoms with E-state index in [1.807, 2.05) is 30.2 Å². The van der Waals surface area contributed by atoms with Gasteiger partial charge in [-0.3, -0.25) is 18.8 Å². The normalized spacial score (nSPS) is 19.0. The van der Waals surface area contributed by atoms with E-state index in [4.69, 9.17) is 0 Å². The first-order valence-corrected chi connectivity index (χ1v) is 8.69. The second-order valence-electron chi connectivity index (χ2n) is 6.16. The van der Waals surface area contributed by atoms with Gasteiger partial charge in [0.2, 0.25) is 0 Å². The Hall–Kier alpha value is -1.99. The van der Waals surface area contributed by atoms with Crippen LogP contribution in [0.5, 0.6) is 0 Å². The molecule has 1 saturated heterocycles. The lowest BCUT2D eigenvalue weighted by Gasteiger charge is -2.23. The fourth-order valence-electron chi connectivity index (χ4n) is 3.40. The maximum absolute atomic E-state index is 12.3. The number of likely N-dealkylation sites (tertiary alicyclic amines) is 1. The van der Waals surface area contributed by atoms with Gasteiger partial charge in [0.1, 0.15) is 0 Å². The Morgan fingerprint density at radius 1 is 1.43 bits per heavy atom. The zero-order valence-electron chi connectivity index (χ0n) is 13.3. The van der Waals surface area contributed by atoms with Gasteiger partial charge in [0.05, 0.1) is 11.9 Å². The summed E-state index contributed by atoms with van der Waals surface area (Å²) in [5.41, 5.74) is 3.06. The third-order valence-corrected chi connectivity index (χ3v) is 5.41. The first-order chi connectivity index (χ1) is 11.1. The molecule has 0 saturated carbocycles. The van der Waals surface area contributed by atoms with E-state index in [1.165, 1.54) is 23.3 Å². The second kappa shape index (κ2) is 5.58. The van der Waals surface area contributed by atoms with E-state index in [9.17, 15) is 4.79 Å². The van der Waals surface area contributed by atoms with Crippen LogP contribution in [0.3, 0.4) is 0 Å². The number of hydrogen-bond donors (Lipinski definition) is 0. The Bertz CT molecular complexity index is 909. The molecular weight excluding hydrogens is 310 g/mol. The van der Waals surface area contributed by atoms with E-state index in [0.29, 0.717) is 12.6 Å². The van der Waals surface area contributed by atoms with Crippen LogP contribution in [0.2, 0.25) is 0 Å². The van der Waals surface area contributed by atoms with E-state index in [-0.39, 0.29) is 5.56 Å². The fraction of sp³-hybridized carbons (Fsp3) is 0.438. The zero-order chi connectivity index (χ0) is 16.0. The van der Waals surface area contributed by atoms with E-state index in [1.54, 1.807) is 10.5 Å². The van der Waals surface area contributed by atoms with Crippen molar-refractivity contribution in [2.75, 3.05) is 6.54 Å². The van der Waals surface area contributed by atoms with Crippen LogP contribution in [-0.4, -0.2) is 30.6 Å². The first kappa shape index (κ1) is 14.6. The highest BCUT2D eigenvalue weighted by atomic mass is 32.1. The lowest BCUT2D eigenvalue weighted by atomic mass is 10.1. The molecule has 0 N–H and O–H groups in total. The summed E-state index contributed by atoms with van der Waals surface area (Å²) in [5.74, 6) is 0. The van der Waals surface area contributed by atoms with Crippen LogP contribution in [0.4, 0.5) is 0 Å². The third-order valence-electron chi connectivity index (χ3n) is 4.47. The number of hydrogen-bond acceptors (Lipinski definition) is 5. The van der Waals surface area contributed by atoms with Gasteiger partial charge in [0.25, 0.3) is 5.56 Å². The Balaban J connectivity index is 1.63. The van der Waals surface area contributed by atoms with Gasteiger partial charge >= 0.3 is 0 Å². The summed E-state index contributed by atoms with van der Waals surface area (Å²) in [6, 6.07) is 2.04. The molecule has 0 spiro atoms. The molecule has 4 rings (SSSR count). The Morgan fingerprint density at radius 2 is 2.30 bits per heavy atom. The highest BCUT2D eigenvalue weighted by Gasteiger charge is 2.27. The molecule has 7 heteroatoms. The molecule has 6 nitrogen and oxygen atoms in total. The van der Waals surface area contributed by atoms with Gasteiger partial charge in [0, 0.05) is 48.5 Å². The standard InChI is InChI=1S/C16H19N5OS/c1-11-10-23-16-18-13(6-15(22)21(11)16)9-20-5-3-4-14(20)12-7-17-19(2)8-12/h6-8,10,14H,3-5,9H2,1-2H3. The van der Waals surface area contributed by atoms with Gasteiger partial charge in [-0.25, -0.2) is 4.98 Å². The van der Waals surface area contributed by atoms with Gasteiger partial charge in [-0.1, -0.05) is 0 Å². The van der Waals surface area contributed by atoms with Crippen molar-refractivity contribution in [3.05, 3.63) is 51.1 Å².